The number of carbonyl (C=O) groups excluding carboxylic acids is 2. The lowest BCUT2D eigenvalue weighted by Crippen LogP contribution is -2.57. The zero-order valence-corrected chi connectivity index (χ0v) is 27.2. The molecule has 4 aromatic rings. The van der Waals surface area contributed by atoms with Crippen molar-refractivity contribution in [3.8, 4) is 5.75 Å². The van der Waals surface area contributed by atoms with E-state index >= 15 is 0 Å². The van der Waals surface area contributed by atoms with E-state index in [-0.39, 0.29) is 30.1 Å². The Kier molecular flexibility index (Phi) is 8.41. The van der Waals surface area contributed by atoms with Gasteiger partial charge in [-0.25, -0.2) is 14.8 Å². The van der Waals surface area contributed by atoms with E-state index in [0.717, 1.165) is 5.56 Å². The van der Waals surface area contributed by atoms with Gasteiger partial charge in [0.15, 0.2) is 0 Å². The van der Waals surface area contributed by atoms with Gasteiger partial charge in [0.2, 0.25) is 0 Å². The summed E-state index contributed by atoms with van der Waals surface area (Å²) in [5, 5.41) is 4.48. The predicted molar refractivity (Wildman–Crippen MR) is 167 cm³/mol. The van der Waals surface area contributed by atoms with Crippen LogP contribution in [0.2, 0.25) is 0 Å². The maximum absolute atomic E-state index is 15.0. The monoisotopic (exact) mass is 619 g/mol. The van der Waals surface area contributed by atoms with Gasteiger partial charge >= 0.3 is 5.97 Å². The van der Waals surface area contributed by atoms with Gasteiger partial charge in [-0.2, -0.15) is 0 Å². The molecule has 0 N–H and O–H groups in total. The number of hydrogen-bond donors (Lipinski definition) is 0. The SMILES string of the molecule is COc1cc(C(=O)N2[C@@H](c3nccs3)[C@@H](c3cnccn3)C[C@@]2(Cc2cscn2)C(=O)OC(C)(C)C)ccc1C(C)(C)C. The van der Waals surface area contributed by atoms with E-state index in [1.54, 1.807) is 48.4 Å². The number of nitrogens with zero attached hydrogens (tertiary/aromatic N) is 5. The fraction of sp³-hybridized carbons (Fsp3) is 0.438. The number of ether oxygens (including phenoxy) is 2. The molecule has 4 heterocycles. The molecule has 0 aliphatic carbocycles. The van der Waals surface area contributed by atoms with Gasteiger partial charge in [0, 0.05) is 53.4 Å². The zero-order valence-electron chi connectivity index (χ0n) is 25.5. The highest BCUT2D eigenvalue weighted by molar-refractivity contribution is 7.09. The summed E-state index contributed by atoms with van der Waals surface area (Å²) >= 11 is 2.88. The number of benzene rings is 1. The van der Waals surface area contributed by atoms with E-state index < -0.39 is 23.2 Å². The molecule has 5 rings (SSSR count). The second-order valence-corrected chi connectivity index (χ2v) is 14.4. The minimum absolute atomic E-state index is 0.174. The van der Waals surface area contributed by atoms with E-state index in [1.807, 2.05) is 43.7 Å². The van der Waals surface area contributed by atoms with E-state index in [1.165, 1.54) is 22.7 Å². The lowest BCUT2D eigenvalue weighted by molar-refractivity contribution is -0.167. The molecule has 0 bridgehead atoms. The highest BCUT2D eigenvalue weighted by Gasteiger charge is 2.61. The number of rotatable bonds is 7. The van der Waals surface area contributed by atoms with Crippen molar-refractivity contribution in [3.63, 3.8) is 0 Å². The Morgan fingerprint density at radius 2 is 1.86 bits per heavy atom. The average molecular weight is 620 g/mol. The van der Waals surface area contributed by atoms with Crippen LogP contribution in [0.25, 0.3) is 0 Å². The molecular formula is C32H37N5O4S2. The highest BCUT2D eigenvalue weighted by Crippen LogP contribution is 2.54. The molecule has 226 valence electrons. The Morgan fingerprint density at radius 3 is 2.44 bits per heavy atom. The number of esters is 1. The van der Waals surface area contributed by atoms with Crippen molar-refractivity contribution < 1.29 is 19.1 Å². The molecule has 9 nitrogen and oxygen atoms in total. The minimum atomic E-state index is -1.41. The summed E-state index contributed by atoms with van der Waals surface area (Å²) in [4.78, 5) is 49.3. The Bertz CT molecular complexity index is 1560. The van der Waals surface area contributed by atoms with E-state index in [2.05, 4.69) is 40.7 Å². The van der Waals surface area contributed by atoms with Crippen LogP contribution in [0.4, 0.5) is 0 Å². The van der Waals surface area contributed by atoms with Crippen LogP contribution in [0.15, 0.2) is 59.3 Å². The molecule has 0 spiro atoms. The fourth-order valence-electron chi connectivity index (χ4n) is 5.76. The summed E-state index contributed by atoms with van der Waals surface area (Å²) in [5.74, 6) is -0.596. The van der Waals surface area contributed by atoms with Gasteiger partial charge in [0.1, 0.15) is 21.9 Å². The van der Waals surface area contributed by atoms with Crippen LogP contribution in [-0.4, -0.2) is 55.0 Å². The van der Waals surface area contributed by atoms with E-state index in [0.29, 0.717) is 27.7 Å². The first-order valence-corrected chi connectivity index (χ1v) is 15.9. The summed E-state index contributed by atoms with van der Waals surface area (Å²) in [6.45, 7) is 11.8. The normalized spacial score (nSPS) is 20.7. The number of thiazole rings is 2. The summed E-state index contributed by atoms with van der Waals surface area (Å²) < 4.78 is 11.9. The quantitative estimate of drug-likeness (QED) is 0.219. The van der Waals surface area contributed by atoms with Gasteiger partial charge in [0.25, 0.3) is 5.91 Å². The van der Waals surface area contributed by atoms with Crippen molar-refractivity contribution in [2.45, 2.75) is 82.9 Å². The molecule has 0 unspecified atom stereocenters. The maximum Gasteiger partial charge on any atom is 0.333 e. The van der Waals surface area contributed by atoms with Crippen LogP contribution in [0, 0.1) is 0 Å². The molecule has 0 saturated carbocycles. The Hall–Kier alpha value is -3.70. The first kappa shape index (κ1) is 30.7. The van der Waals surface area contributed by atoms with Gasteiger partial charge < -0.3 is 14.4 Å². The van der Waals surface area contributed by atoms with Gasteiger partial charge in [-0.05, 0) is 50.3 Å². The lowest BCUT2D eigenvalue weighted by atomic mass is 9.84. The van der Waals surface area contributed by atoms with Crippen molar-refractivity contribution in [3.05, 3.63) is 86.8 Å². The molecule has 1 saturated heterocycles. The summed E-state index contributed by atoms with van der Waals surface area (Å²) in [7, 11) is 1.60. The highest BCUT2D eigenvalue weighted by atomic mass is 32.1. The predicted octanol–water partition coefficient (Wildman–Crippen LogP) is 6.39. The molecule has 3 atom stereocenters. The van der Waals surface area contributed by atoms with Gasteiger partial charge in [-0.3, -0.25) is 14.8 Å². The maximum atomic E-state index is 15.0. The molecule has 43 heavy (non-hydrogen) atoms. The van der Waals surface area contributed by atoms with Gasteiger partial charge in [-0.15, -0.1) is 22.7 Å². The van der Waals surface area contributed by atoms with Crippen molar-refractivity contribution in [1.82, 2.24) is 24.8 Å². The summed E-state index contributed by atoms with van der Waals surface area (Å²) in [5.41, 5.74) is 2.07. The molecule has 1 amide bonds. The second kappa shape index (κ2) is 11.8. The van der Waals surface area contributed by atoms with Crippen LogP contribution in [0.5, 0.6) is 5.75 Å². The van der Waals surface area contributed by atoms with Gasteiger partial charge in [0.05, 0.1) is 30.1 Å². The third kappa shape index (κ3) is 6.19. The topological polar surface area (TPSA) is 107 Å². The summed E-state index contributed by atoms with van der Waals surface area (Å²) in [6, 6.07) is 4.89. The van der Waals surface area contributed by atoms with Gasteiger partial charge in [-0.1, -0.05) is 26.8 Å². The molecule has 1 aromatic carbocycles. The standard InChI is InChI=1S/C32H37N5O4S2/c1-30(2,3)23-9-8-20(14-25(23)40-7)28(38)37-26(27-35-12-13-43-27)22(24-17-33-10-11-34-24)16-32(37,15-21-18-42-19-36-21)29(39)41-31(4,5)6/h8-14,17-19,22,26H,15-16H2,1-7H3/t22-,26-,32+/m1/s1. The van der Waals surface area contributed by atoms with Crippen LogP contribution < -0.4 is 4.74 Å². The molecule has 0 radical (unpaired) electrons. The van der Waals surface area contributed by atoms with Crippen molar-refractivity contribution in [2.75, 3.05) is 7.11 Å². The third-order valence-corrected chi connectivity index (χ3v) is 9.04. The van der Waals surface area contributed by atoms with Crippen LogP contribution in [0.1, 0.15) is 92.2 Å². The Labute approximate surface area is 260 Å². The third-order valence-electron chi connectivity index (χ3n) is 7.56. The average Bonchev–Trinajstić information content (AvgIpc) is 3.72. The summed E-state index contributed by atoms with van der Waals surface area (Å²) in [6.07, 6.45) is 7.08. The Balaban J connectivity index is 1.75. The number of hydrogen-bond acceptors (Lipinski definition) is 10. The molecule has 3 aromatic heterocycles. The van der Waals surface area contributed by atoms with Crippen molar-refractivity contribution in [2.24, 2.45) is 0 Å². The number of amides is 1. The fourth-order valence-corrected chi connectivity index (χ4v) is 7.11. The van der Waals surface area contributed by atoms with E-state index in [9.17, 15) is 9.59 Å². The second-order valence-electron chi connectivity index (χ2n) is 12.8. The molecule has 11 heteroatoms. The number of aromatic nitrogens is 4. The molecule has 1 aliphatic heterocycles. The zero-order chi connectivity index (χ0) is 31.0. The molecular weight excluding hydrogens is 583 g/mol. The first-order valence-electron chi connectivity index (χ1n) is 14.1. The number of carbonyl (C=O) groups is 2. The van der Waals surface area contributed by atoms with Crippen LogP contribution in [-0.2, 0) is 21.4 Å². The van der Waals surface area contributed by atoms with Crippen LogP contribution in [0.3, 0.4) is 0 Å². The number of likely N-dealkylation sites (tertiary alicyclic amines) is 1. The number of methoxy groups -OCH3 is 1. The van der Waals surface area contributed by atoms with Crippen LogP contribution >= 0.6 is 22.7 Å². The van der Waals surface area contributed by atoms with E-state index in [4.69, 9.17) is 9.47 Å². The molecule has 1 fully saturated rings. The van der Waals surface area contributed by atoms with Crippen molar-refractivity contribution in [1.29, 1.82) is 0 Å². The largest absolute Gasteiger partial charge is 0.496 e. The smallest absolute Gasteiger partial charge is 0.333 e. The Morgan fingerprint density at radius 1 is 1.07 bits per heavy atom. The first-order chi connectivity index (χ1) is 20.3. The van der Waals surface area contributed by atoms with Crippen molar-refractivity contribution >= 4 is 34.6 Å². The minimum Gasteiger partial charge on any atom is -0.496 e. The molecule has 1 aliphatic rings. The lowest BCUT2D eigenvalue weighted by Gasteiger charge is -2.40.